The average molecular weight is 428 g/mol. The number of carbonyl (C=O) groups is 1. The summed E-state index contributed by atoms with van der Waals surface area (Å²) in [6, 6.07) is 16.6. The number of piperazine rings is 1. The highest BCUT2D eigenvalue weighted by atomic mass is 35.5. The minimum Gasteiger partial charge on any atom is -0.369 e. The van der Waals surface area contributed by atoms with Crippen molar-refractivity contribution in [2.75, 3.05) is 44.2 Å². The van der Waals surface area contributed by atoms with Crippen molar-refractivity contribution in [1.29, 1.82) is 0 Å². The highest BCUT2D eigenvalue weighted by Gasteiger charge is 2.18. The number of hydrogen-bond acceptors (Lipinski definition) is 4. The fraction of sp³-hybridized carbons (Fsp3) is 0.348. The molecule has 1 fully saturated rings. The molecule has 152 valence electrons. The Hall–Kier alpha value is -2.08. The maximum atomic E-state index is 12.5. The van der Waals surface area contributed by atoms with Crippen molar-refractivity contribution in [1.82, 2.24) is 10.2 Å². The van der Waals surface area contributed by atoms with Crippen LogP contribution in [0.3, 0.4) is 0 Å². The van der Waals surface area contributed by atoms with Crippen LogP contribution in [-0.4, -0.2) is 50.1 Å². The van der Waals surface area contributed by atoms with Crippen LogP contribution in [-0.2, 0) is 0 Å². The minimum absolute atomic E-state index is 0.0690. The van der Waals surface area contributed by atoms with Crippen molar-refractivity contribution in [3.63, 3.8) is 0 Å². The second kappa shape index (κ2) is 9.16. The lowest BCUT2D eigenvalue weighted by molar-refractivity contribution is 0.0955. The van der Waals surface area contributed by atoms with Gasteiger partial charge in [-0.1, -0.05) is 41.9 Å². The molecule has 1 amide bonds. The molecular weight excluding hydrogens is 402 g/mol. The van der Waals surface area contributed by atoms with Crippen LogP contribution in [0.4, 0.5) is 5.69 Å². The van der Waals surface area contributed by atoms with Crippen LogP contribution < -0.4 is 10.2 Å². The van der Waals surface area contributed by atoms with E-state index in [1.54, 1.807) is 0 Å². The molecule has 0 saturated carbocycles. The van der Waals surface area contributed by atoms with E-state index in [0.29, 0.717) is 16.4 Å². The largest absolute Gasteiger partial charge is 0.369 e. The standard InChI is InChI=1S/C23H26ClN3OS/c1-17-6-4-7-18(16-17)27-14-12-26(13-15-27)11-5-10-25-23(28)22-21(24)19-8-2-3-9-20(19)29-22/h2-4,6-9,16H,5,10-15H2,1H3,(H,25,28). The zero-order chi connectivity index (χ0) is 20.2. The topological polar surface area (TPSA) is 35.6 Å². The van der Waals surface area contributed by atoms with E-state index >= 15 is 0 Å². The van der Waals surface area contributed by atoms with Gasteiger partial charge in [0.2, 0.25) is 0 Å². The lowest BCUT2D eigenvalue weighted by Crippen LogP contribution is -2.47. The third kappa shape index (κ3) is 4.74. The summed E-state index contributed by atoms with van der Waals surface area (Å²) in [4.78, 5) is 18.0. The molecule has 1 N–H and O–H groups in total. The number of benzene rings is 2. The van der Waals surface area contributed by atoms with E-state index in [1.165, 1.54) is 22.6 Å². The smallest absolute Gasteiger partial charge is 0.262 e. The molecule has 0 atom stereocenters. The van der Waals surface area contributed by atoms with Crippen LogP contribution >= 0.6 is 22.9 Å². The van der Waals surface area contributed by atoms with Gasteiger partial charge in [-0.05, 0) is 43.7 Å². The van der Waals surface area contributed by atoms with Gasteiger partial charge in [-0.3, -0.25) is 9.69 Å². The van der Waals surface area contributed by atoms with Gasteiger partial charge < -0.3 is 10.2 Å². The van der Waals surface area contributed by atoms with Crippen molar-refractivity contribution < 1.29 is 4.79 Å². The summed E-state index contributed by atoms with van der Waals surface area (Å²) in [5, 5.41) is 4.55. The predicted molar refractivity (Wildman–Crippen MR) is 124 cm³/mol. The van der Waals surface area contributed by atoms with E-state index in [0.717, 1.165) is 49.2 Å². The van der Waals surface area contributed by atoms with E-state index in [1.807, 2.05) is 24.3 Å². The van der Waals surface area contributed by atoms with Gasteiger partial charge in [-0.25, -0.2) is 0 Å². The molecule has 1 aliphatic heterocycles. The average Bonchev–Trinajstić information content (AvgIpc) is 3.08. The quantitative estimate of drug-likeness (QED) is 0.573. The fourth-order valence-corrected chi connectivity index (χ4v) is 5.23. The van der Waals surface area contributed by atoms with Gasteiger partial charge in [0.05, 0.1) is 5.02 Å². The molecule has 6 heteroatoms. The summed E-state index contributed by atoms with van der Waals surface area (Å²) in [5.41, 5.74) is 2.62. The number of nitrogens with zero attached hydrogens (tertiary/aromatic N) is 2. The predicted octanol–water partition coefficient (Wildman–Crippen LogP) is 4.81. The molecule has 0 spiro atoms. The van der Waals surface area contributed by atoms with Crippen molar-refractivity contribution >= 4 is 44.6 Å². The second-order valence-electron chi connectivity index (χ2n) is 7.52. The molecule has 0 aliphatic carbocycles. The van der Waals surface area contributed by atoms with Gasteiger partial charge >= 0.3 is 0 Å². The summed E-state index contributed by atoms with van der Waals surface area (Å²) in [6.45, 7) is 8.03. The normalized spacial score (nSPS) is 15.0. The molecule has 2 aromatic carbocycles. The molecule has 3 aromatic rings. The van der Waals surface area contributed by atoms with Crippen LogP contribution in [0.1, 0.15) is 21.7 Å². The summed E-state index contributed by atoms with van der Waals surface area (Å²) in [6.07, 6.45) is 0.943. The molecule has 1 aliphatic rings. The van der Waals surface area contributed by atoms with Gasteiger partial charge in [-0.2, -0.15) is 0 Å². The number of aryl methyl sites for hydroxylation is 1. The summed E-state index contributed by atoms with van der Waals surface area (Å²) in [5.74, 6) is -0.0690. The number of carbonyl (C=O) groups excluding carboxylic acids is 1. The van der Waals surface area contributed by atoms with E-state index in [-0.39, 0.29) is 5.91 Å². The second-order valence-corrected chi connectivity index (χ2v) is 8.95. The van der Waals surface area contributed by atoms with Crippen molar-refractivity contribution in [3.05, 3.63) is 64.0 Å². The number of rotatable bonds is 6. The number of nitrogens with one attached hydrogen (secondary N) is 1. The number of hydrogen-bond donors (Lipinski definition) is 1. The van der Waals surface area contributed by atoms with Crippen LogP contribution in [0.15, 0.2) is 48.5 Å². The Balaban J connectivity index is 1.21. The lowest BCUT2D eigenvalue weighted by Gasteiger charge is -2.36. The first-order valence-corrected chi connectivity index (χ1v) is 11.3. The third-order valence-electron chi connectivity index (χ3n) is 5.42. The van der Waals surface area contributed by atoms with Gasteiger partial charge in [0.25, 0.3) is 5.91 Å². The monoisotopic (exact) mass is 427 g/mol. The number of thiophene rings is 1. The van der Waals surface area contributed by atoms with Crippen molar-refractivity contribution in [3.8, 4) is 0 Å². The number of anilines is 1. The Morgan fingerprint density at radius 3 is 2.66 bits per heavy atom. The minimum atomic E-state index is -0.0690. The first kappa shape index (κ1) is 20.2. The first-order valence-electron chi connectivity index (χ1n) is 10.1. The highest BCUT2D eigenvalue weighted by Crippen LogP contribution is 2.34. The van der Waals surface area contributed by atoms with E-state index in [4.69, 9.17) is 11.6 Å². The number of amides is 1. The summed E-state index contributed by atoms with van der Waals surface area (Å²) in [7, 11) is 0. The molecule has 4 nitrogen and oxygen atoms in total. The Labute approximate surface area is 181 Å². The summed E-state index contributed by atoms with van der Waals surface area (Å²) >= 11 is 7.85. The van der Waals surface area contributed by atoms with Crippen molar-refractivity contribution in [2.45, 2.75) is 13.3 Å². The zero-order valence-electron chi connectivity index (χ0n) is 16.7. The molecular formula is C23H26ClN3OS. The molecule has 4 rings (SSSR count). The third-order valence-corrected chi connectivity index (χ3v) is 7.09. The molecule has 0 bridgehead atoms. The SMILES string of the molecule is Cc1cccc(N2CCN(CCCNC(=O)c3sc4ccccc4c3Cl)CC2)c1. The molecule has 1 saturated heterocycles. The van der Waals surface area contributed by atoms with E-state index in [9.17, 15) is 4.79 Å². The Kier molecular flexibility index (Phi) is 6.38. The van der Waals surface area contributed by atoms with Crippen LogP contribution in [0, 0.1) is 6.92 Å². The molecule has 0 radical (unpaired) electrons. The van der Waals surface area contributed by atoms with Crippen LogP contribution in [0.5, 0.6) is 0 Å². The highest BCUT2D eigenvalue weighted by molar-refractivity contribution is 7.21. The van der Waals surface area contributed by atoms with Gasteiger partial charge in [0.1, 0.15) is 4.88 Å². The maximum Gasteiger partial charge on any atom is 0.262 e. The van der Waals surface area contributed by atoms with Gasteiger partial charge in [0.15, 0.2) is 0 Å². The van der Waals surface area contributed by atoms with Crippen LogP contribution in [0.2, 0.25) is 5.02 Å². The van der Waals surface area contributed by atoms with Crippen LogP contribution in [0.25, 0.3) is 10.1 Å². The summed E-state index contributed by atoms with van der Waals surface area (Å²) < 4.78 is 1.05. The molecule has 0 unspecified atom stereocenters. The first-order chi connectivity index (χ1) is 14.1. The molecule has 29 heavy (non-hydrogen) atoms. The number of fused-ring (bicyclic) bond motifs is 1. The van der Waals surface area contributed by atoms with Crippen molar-refractivity contribution in [2.24, 2.45) is 0 Å². The Bertz CT molecular complexity index is 995. The lowest BCUT2D eigenvalue weighted by atomic mass is 10.2. The molecule has 2 heterocycles. The Morgan fingerprint density at radius 1 is 1.10 bits per heavy atom. The van der Waals surface area contributed by atoms with Gasteiger partial charge in [0, 0.05) is 48.5 Å². The van der Waals surface area contributed by atoms with E-state index in [2.05, 4.69) is 46.3 Å². The van der Waals surface area contributed by atoms with Gasteiger partial charge in [-0.15, -0.1) is 11.3 Å². The Morgan fingerprint density at radius 2 is 1.90 bits per heavy atom. The maximum absolute atomic E-state index is 12.5. The molecule has 1 aromatic heterocycles. The zero-order valence-corrected chi connectivity index (χ0v) is 18.2. The number of halogens is 1. The van der Waals surface area contributed by atoms with E-state index < -0.39 is 0 Å². The fourth-order valence-electron chi connectivity index (χ4n) is 3.80.